The summed E-state index contributed by atoms with van der Waals surface area (Å²) in [6.45, 7) is 1.58. The van der Waals surface area contributed by atoms with Gasteiger partial charge >= 0.3 is 5.97 Å². The Morgan fingerprint density at radius 1 is 0.794 bits per heavy atom. The van der Waals surface area contributed by atoms with Crippen LogP contribution in [-0.2, 0) is 25.5 Å². The van der Waals surface area contributed by atoms with Gasteiger partial charge < -0.3 is 20.1 Å². The van der Waals surface area contributed by atoms with Crippen molar-refractivity contribution < 1.29 is 23.9 Å². The molecule has 0 unspecified atom stereocenters. The lowest BCUT2D eigenvalue weighted by molar-refractivity contribution is -0.147. The van der Waals surface area contributed by atoms with Crippen LogP contribution in [0.2, 0.25) is 5.02 Å². The van der Waals surface area contributed by atoms with E-state index in [0.29, 0.717) is 27.9 Å². The summed E-state index contributed by atoms with van der Waals surface area (Å²) in [6, 6.07) is 21.2. The number of anilines is 2. The fraction of sp³-hybridized carbons (Fsp3) is 0.192. The van der Waals surface area contributed by atoms with Gasteiger partial charge in [0.25, 0.3) is 5.91 Å². The molecule has 0 heterocycles. The van der Waals surface area contributed by atoms with Crippen molar-refractivity contribution in [3.8, 4) is 11.5 Å². The second kappa shape index (κ2) is 12.4. The van der Waals surface area contributed by atoms with Crippen LogP contribution in [0.15, 0.2) is 72.8 Å². The van der Waals surface area contributed by atoms with Crippen molar-refractivity contribution in [1.82, 2.24) is 0 Å². The van der Waals surface area contributed by atoms with Gasteiger partial charge in [0.05, 0.1) is 6.42 Å². The van der Waals surface area contributed by atoms with Gasteiger partial charge in [0.1, 0.15) is 11.5 Å². The molecule has 0 atom stereocenters. The van der Waals surface area contributed by atoms with E-state index < -0.39 is 18.5 Å². The Labute approximate surface area is 203 Å². The Kier molecular flexibility index (Phi) is 9.05. The van der Waals surface area contributed by atoms with Gasteiger partial charge in [0, 0.05) is 22.8 Å². The number of amides is 2. The molecular formula is C26H25ClN2O5. The van der Waals surface area contributed by atoms with Gasteiger partial charge in [-0.15, -0.1) is 0 Å². The zero-order valence-corrected chi connectivity index (χ0v) is 19.4. The van der Waals surface area contributed by atoms with Gasteiger partial charge in [0.15, 0.2) is 6.61 Å². The number of hydrogen-bond acceptors (Lipinski definition) is 5. The molecule has 0 saturated carbocycles. The first-order valence-electron chi connectivity index (χ1n) is 10.8. The highest BCUT2D eigenvalue weighted by Crippen LogP contribution is 2.24. The number of aryl methyl sites for hydroxylation is 1. The minimum absolute atomic E-state index is 0.0673. The quantitative estimate of drug-likeness (QED) is 0.368. The van der Waals surface area contributed by atoms with Crippen LogP contribution in [0.5, 0.6) is 11.5 Å². The summed E-state index contributed by atoms with van der Waals surface area (Å²) in [5, 5.41) is 6.05. The van der Waals surface area contributed by atoms with E-state index in [2.05, 4.69) is 10.6 Å². The van der Waals surface area contributed by atoms with E-state index in [9.17, 15) is 14.4 Å². The number of carbonyl (C=O) groups is 3. The molecule has 0 aliphatic heterocycles. The lowest BCUT2D eigenvalue weighted by atomic mass is 10.1. The lowest BCUT2D eigenvalue weighted by Gasteiger charge is -2.10. The Morgan fingerprint density at radius 2 is 1.44 bits per heavy atom. The van der Waals surface area contributed by atoms with E-state index in [1.165, 1.54) is 0 Å². The Bertz CT molecular complexity index is 1130. The third-order valence-electron chi connectivity index (χ3n) is 4.78. The molecule has 0 aliphatic rings. The molecular weight excluding hydrogens is 456 g/mol. The summed E-state index contributed by atoms with van der Waals surface area (Å²) in [4.78, 5) is 36.1. The lowest BCUT2D eigenvalue weighted by Crippen LogP contribution is -2.22. The van der Waals surface area contributed by atoms with Crippen LogP contribution in [0.4, 0.5) is 11.4 Å². The highest BCUT2D eigenvalue weighted by atomic mass is 35.5. The summed E-state index contributed by atoms with van der Waals surface area (Å²) in [7, 11) is 0. The number of nitrogens with one attached hydrogen (secondary N) is 2. The number of esters is 1. The van der Waals surface area contributed by atoms with Crippen LogP contribution in [0.1, 0.15) is 25.3 Å². The van der Waals surface area contributed by atoms with Crippen LogP contribution in [0.3, 0.4) is 0 Å². The molecule has 2 N–H and O–H groups in total. The predicted octanol–water partition coefficient (Wildman–Crippen LogP) is 5.60. The third kappa shape index (κ3) is 7.94. The highest BCUT2D eigenvalue weighted by Gasteiger charge is 2.12. The van der Waals surface area contributed by atoms with E-state index >= 15 is 0 Å². The zero-order chi connectivity index (χ0) is 24.3. The average molecular weight is 481 g/mol. The molecule has 2 amide bonds. The molecule has 0 fully saturated rings. The molecule has 34 heavy (non-hydrogen) atoms. The third-order valence-corrected chi connectivity index (χ3v) is 5.03. The van der Waals surface area contributed by atoms with Crippen molar-refractivity contribution in [2.75, 3.05) is 17.2 Å². The first-order chi connectivity index (χ1) is 16.4. The number of para-hydroxylation sites is 1. The summed E-state index contributed by atoms with van der Waals surface area (Å²) < 4.78 is 10.7. The van der Waals surface area contributed by atoms with Crippen LogP contribution in [-0.4, -0.2) is 24.4 Å². The minimum Gasteiger partial charge on any atom is -0.457 e. The normalized spacial score (nSPS) is 10.3. The second-order valence-corrected chi connectivity index (χ2v) is 7.78. The van der Waals surface area contributed by atoms with Crippen LogP contribution in [0.25, 0.3) is 0 Å². The van der Waals surface area contributed by atoms with Crippen molar-refractivity contribution in [3.63, 3.8) is 0 Å². The Balaban J connectivity index is 1.37. The predicted molar refractivity (Wildman–Crippen MR) is 131 cm³/mol. The molecule has 0 bridgehead atoms. The molecule has 8 heteroatoms. The summed E-state index contributed by atoms with van der Waals surface area (Å²) in [6.07, 6.45) is 0.564. The van der Waals surface area contributed by atoms with E-state index in [0.717, 1.165) is 12.0 Å². The molecule has 176 valence electrons. The van der Waals surface area contributed by atoms with Crippen molar-refractivity contribution >= 4 is 40.8 Å². The smallest absolute Gasteiger partial charge is 0.306 e. The summed E-state index contributed by atoms with van der Waals surface area (Å²) >= 11 is 5.86. The molecule has 0 saturated heterocycles. The first-order valence-corrected chi connectivity index (χ1v) is 11.2. The largest absolute Gasteiger partial charge is 0.457 e. The molecule has 0 radical (unpaired) electrons. The topological polar surface area (TPSA) is 93.7 Å². The first kappa shape index (κ1) is 24.8. The summed E-state index contributed by atoms with van der Waals surface area (Å²) in [5.74, 6) is -0.156. The highest BCUT2D eigenvalue weighted by molar-refractivity contribution is 6.30. The van der Waals surface area contributed by atoms with E-state index in [4.69, 9.17) is 21.1 Å². The number of rotatable bonds is 10. The van der Waals surface area contributed by atoms with Crippen molar-refractivity contribution in [2.24, 2.45) is 0 Å². The van der Waals surface area contributed by atoms with Gasteiger partial charge in [-0.2, -0.15) is 0 Å². The number of carbonyl (C=O) groups excluding carboxylic acids is 3. The van der Waals surface area contributed by atoms with Gasteiger partial charge in [0.2, 0.25) is 5.91 Å². The molecule has 0 aromatic heterocycles. The molecule has 7 nitrogen and oxygen atoms in total. The average Bonchev–Trinajstić information content (AvgIpc) is 2.84. The van der Waals surface area contributed by atoms with Gasteiger partial charge in [-0.3, -0.25) is 14.4 Å². The number of halogens is 1. The van der Waals surface area contributed by atoms with Crippen molar-refractivity contribution in [3.05, 3.63) is 83.4 Å². The van der Waals surface area contributed by atoms with E-state index in [1.807, 2.05) is 25.1 Å². The van der Waals surface area contributed by atoms with E-state index in [1.54, 1.807) is 54.6 Å². The Hall–Kier alpha value is -3.84. The van der Waals surface area contributed by atoms with Crippen LogP contribution in [0, 0.1) is 0 Å². The van der Waals surface area contributed by atoms with Crippen molar-refractivity contribution in [1.29, 1.82) is 0 Å². The summed E-state index contributed by atoms with van der Waals surface area (Å²) in [5.41, 5.74) is 2.24. The monoisotopic (exact) mass is 480 g/mol. The van der Waals surface area contributed by atoms with Crippen molar-refractivity contribution in [2.45, 2.75) is 26.2 Å². The SMILES string of the molecule is CCc1ccccc1NC(=O)COC(=O)CCC(=O)Nc1ccc(Oc2ccc(Cl)cc2)cc1. The second-order valence-electron chi connectivity index (χ2n) is 7.35. The number of benzene rings is 3. The standard InChI is InChI=1S/C26H25ClN2O5/c1-2-18-5-3-4-6-23(18)29-25(31)17-33-26(32)16-15-24(30)28-20-9-13-22(14-10-20)34-21-11-7-19(27)8-12-21/h3-14H,2,15-17H2,1H3,(H,28,30)(H,29,31). The fourth-order valence-corrected chi connectivity index (χ4v) is 3.17. The zero-order valence-electron chi connectivity index (χ0n) is 18.7. The molecule has 3 aromatic rings. The number of ether oxygens (including phenoxy) is 2. The van der Waals surface area contributed by atoms with E-state index in [-0.39, 0.29) is 18.7 Å². The molecule has 3 rings (SSSR count). The fourth-order valence-electron chi connectivity index (χ4n) is 3.04. The van der Waals surface area contributed by atoms with Gasteiger partial charge in [-0.1, -0.05) is 36.7 Å². The maximum Gasteiger partial charge on any atom is 0.306 e. The van der Waals surface area contributed by atoms with Crippen LogP contribution >= 0.6 is 11.6 Å². The minimum atomic E-state index is -0.624. The maximum atomic E-state index is 12.1. The maximum absolute atomic E-state index is 12.1. The molecule has 3 aromatic carbocycles. The molecule has 0 spiro atoms. The van der Waals surface area contributed by atoms with Gasteiger partial charge in [-0.25, -0.2) is 0 Å². The van der Waals surface area contributed by atoms with Gasteiger partial charge in [-0.05, 0) is 66.6 Å². The van der Waals surface area contributed by atoms with Crippen LogP contribution < -0.4 is 15.4 Å². The number of hydrogen-bond donors (Lipinski definition) is 2. The Morgan fingerprint density at radius 3 is 2.12 bits per heavy atom. The molecule has 0 aliphatic carbocycles.